The van der Waals surface area contributed by atoms with Crippen molar-refractivity contribution in [1.29, 1.82) is 0 Å². The number of carbonyl (C=O) groups excluding carboxylic acids is 1. The molecule has 4 N–H and O–H groups in total. The quantitative estimate of drug-likeness (QED) is 0.148. The van der Waals surface area contributed by atoms with E-state index >= 15 is 0 Å². The Hall–Kier alpha value is -4.89. The average Bonchev–Trinajstić information content (AvgIpc) is 3.03. The van der Waals surface area contributed by atoms with E-state index in [0.717, 1.165) is 25.3 Å². The molecule has 1 aromatic heterocycles. The number of sulfonamides is 1. The summed E-state index contributed by atoms with van der Waals surface area (Å²) in [5.74, 6) is 0.758. The van der Waals surface area contributed by atoms with E-state index in [0.29, 0.717) is 35.8 Å². The van der Waals surface area contributed by atoms with Crippen LogP contribution in [0.4, 0.5) is 46.7 Å². The first kappa shape index (κ1) is 32.5. The van der Waals surface area contributed by atoms with Crippen molar-refractivity contribution in [2.45, 2.75) is 31.2 Å². The zero-order chi connectivity index (χ0) is 32.7. The van der Waals surface area contributed by atoms with E-state index in [9.17, 15) is 26.4 Å². The number of rotatable bonds is 10. The van der Waals surface area contributed by atoms with Crippen LogP contribution in [0.3, 0.4) is 0 Å². The number of piperidine rings is 1. The van der Waals surface area contributed by atoms with Crippen LogP contribution >= 0.6 is 0 Å². The number of aromatic nitrogens is 2. The summed E-state index contributed by atoms with van der Waals surface area (Å²) in [6, 6.07) is 17.8. The fraction of sp³-hybridized carbons (Fsp3) is 0.258. The largest absolute Gasteiger partial charge is 0.439 e. The molecule has 5 rings (SSSR count). The number of benzene rings is 3. The SMILES string of the molecule is CNS(=O)(=O)Cc1ccc(Nc2nccc(Oc3ccc(NC(=O)Nc4ccc(N5CCCCC5)c(C(F)(F)F)c4)cc3)n2)cc1. The highest BCUT2D eigenvalue weighted by molar-refractivity contribution is 7.88. The fourth-order valence-electron chi connectivity index (χ4n) is 4.84. The van der Waals surface area contributed by atoms with Gasteiger partial charge in [-0.3, -0.25) is 0 Å². The molecule has 0 radical (unpaired) electrons. The van der Waals surface area contributed by atoms with Crippen LogP contribution in [0.2, 0.25) is 0 Å². The first-order valence-electron chi connectivity index (χ1n) is 14.4. The van der Waals surface area contributed by atoms with Crippen molar-refractivity contribution in [2.24, 2.45) is 0 Å². The Morgan fingerprint density at radius 2 is 1.54 bits per heavy atom. The van der Waals surface area contributed by atoms with E-state index in [2.05, 4.69) is 30.6 Å². The average molecular weight is 656 g/mol. The Kier molecular flexibility index (Phi) is 9.92. The summed E-state index contributed by atoms with van der Waals surface area (Å²) in [5, 5.41) is 8.11. The Morgan fingerprint density at radius 3 is 2.22 bits per heavy atom. The Balaban J connectivity index is 1.17. The number of hydrogen-bond donors (Lipinski definition) is 4. The number of ether oxygens (including phenoxy) is 1. The summed E-state index contributed by atoms with van der Waals surface area (Å²) in [6.45, 7) is 1.13. The lowest BCUT2D eigenvalue weighted by molar-refractivity contribution is -0.137. The maximum atomic E-state index is 13.9. The van der Waals surface area contributed by atoms with Gasteiger partial charge in [0, 0.05) is 48.1 Å². The van der Waals surface area contributed by atoms with Crippen molar-refractivity contribution in [3.05, 3.63) is 90.1 Å². The monoisotopic (exact) mass is 655 g/mol. The molecule has 2 amide bonds. The molecule has 242 valence electrons. The lowest BCUT2D eigenvalue weighted by atomic mass is 10.1. The highest BCUT2D eigenvalue weighted by atomic mass is 32.2. The van der Waals surface area contributed by atoms with Crippen LogP contribution < -0.4 is 30.3 Å². The molecule has 1 aliphatic rings. The summed E-state index contributed by atoms with van der Waals surface area (Å²) >= 11 is 0. The predicted molar refractivity (Wildman–Crippen MR) is 170 cm³/mol. The van der Waals surface area contributed by atoms with Crippen molar-refractivity contribution >= 4 is 44.8 Å². The van der Waals surface area contributed by atoms with Crippen molar-refractivity contribution in [3.8, 4) is 11.6 Å². The number of urea groups is 1. The minimum Gasteiger partial charge on any atom is -0.439 e. The number of amides is 2. The fourth-order valence-corrected chi connectivity index (χ4v) is 5.61. The first-order chi connectivity index (χ1) is 22.0. The smallest absolute Gasteiger partial charge is 0.418 e. The molecule has 1 aliphatic heterocycles. The van der Waals surface area contributed by atoms with Crippen molar-refractivity contribution in [1.82, 2.24) is 14.7 Å². The van der Waals surface area contributed by atoms with Gasteiger partial charge in [0.15, 0.2) is 0 Å². The lowest BCUT2D eigenvalue weighted by Gasteiger charge is -2.31. The molecule has 0 bridgehead atoms. The zero-order valence-electron chi connectivity index (χ0n) is 24.8. The summed E-state index contributed by atoms with van der Waals surface area (Å²) in [6.07, 6.45) is -0.390. The van der Waals surface area contributed by atoms with Gasteiger partial charge in [-0.15, -0.1) is 0 Å². The van der Waals surface area contributed by atoms with E-state index in [1.165, 1.54) is 25.4 Å². The van der Waals surface area contributed by atoms with Crippen molar-refractivity contribution in [3.63, 3.8) is 0 Å². The van der Waals surface area contributed by atoms with Gasteiger partial charge in [-0.2, -0.15) is 18.2 Å². The van der Waals surface area contributed by atoms with Crippen LogP contribution in [0, 0.1) is 0 Å². The molecule has 0 unspecified atom stereocenters. The summed E-state index contributed by atoms with van der Waals surface area (Å²) in [7, 11) is -2.02. The Bertz CT molecular complexity index is 1760. The lowest BCUT2D eigenvalue weighted by Crippen LogP contribution is -2.31. The minimum absolute atomic E-state index is 0.0244. The van der Waals surface area contributed by atoms with Gasteiger partial charge in [-0.1, -0.05) is 12.1 Å². The first-order valence-corrected chi connectivity index (χ1v) is 16.0. The molecule has 4 aromatic rings. The highest BCUT2D eigenvalue weighted by Crippen LogP contribution is 2.39. The van der Waals surface area contributed by atoms with E-state index in [1.54, 1.807) is 59.5 Å². The standard InChI is InChI=1S/C31H32F3N7O4S/c1-35-46(43,44)20-21-5-7-22(8-6-21)37-29-36-16-15-28(40-29)45-25-12-9-23(10-13-25)38-30(42)39-24-11-14-27(26(19-24)31(32,33)34)41-17-3-2-4-18-41/h5-16,19,35H,2-4,17-18,20H2,1H3,(H,36,37,40)(H2,38,39,42). The number of alkyl halides is 3. The highest BCUT2D eigenvalue weighted by Gasteiger charge is 2.35. The molecule has 1 fully saturated rings. The molecule has 1 saturated heterocycles. The number of halogens is 3. The Labute approximate surface area is 264 Å². The van der Waals surface area contributed by atoms with E-state index in [-0.39, 0.29) is 29.0 Å². The van der Waals surface area contributed by atoms with Crippen LogP contribution in [0.25, 0.3) is 0 Å². The summed E-state index contributed by atoms with van der Waals surface area (Å²) < 4.78 is 73.1. The molecule has 0 spiro atoms. The van der Waals surface area contributed by atoms with E-state index in [4.69, 9.17) is 4.74 Å². The topological polar surface area (TPSA) is 138 Å². The van der Waals surface area contributed by atoms with Gasteiger partial charge in [0.05, 0.1) is 11.3 Å². The van der Waals surface area contributed by atoms with Gasteiger partial charge < -0.3 is 25.6 Å². The third-order valence-corrected chi connectivity index (χ3v) is 8.43. The number of carbonyl (C=O) groups is 1. The molecule has 0 atom stereocenters. The van der Waals surface area contributed by atoms with Crippen LogP contribution in [0.15, 0.2) is 79.0 Å². The van der Waals surface area contributed by atoms with Crippen LogP contribution in [0.5, 0.6) is 11.6 Å². The molecular weight excluding hydrogens is 623 g/mol. The normalized spacial score (nSPS) is 13.6. The van der Waals surface area contributed by atoms with Crippen LogP contribution in [0.1, 0.15) is 30.4 Å². The second kappa shape index (κ2) is 14.0. The maximum absolute atomic E-state index is 13.9. The van der Waals surface area contributed by atoms with Gasteiger partial charge in [0.2, 0.25) is 21.9 Å². The third kappa shape index (κ3) is 8.85. The second-order valence-corrected chi connectivity index (χ2v) is 12.4. The van der Waals surface area contributed by atoms with Crippen molar-refractivity contribution in [2.75, 3.05) is 41.0 Å². The van der Waals surface area contributed by atoms with Gasteiger partial charge >= 0.3 is 12.2 Å². The molecule has 11 nitrogen and oxygen atoms in total. The minimum atomic E-state index is -4.57. The van der Waals surface area contributed by atoms with Crippen molar-refractivity contribution < 1.29 is 31.1 Å². The molecule has 15 heteroatoms. The molecule has 3 aromatic carbocycles. The zero-order valence-corrected chi connectivity index (χ0v) is 25.6. The summed E-state index contributed by atoms with van der Waals surface area (Å²) in [4.78, 5) is 22.8. The molecule has 0 saturated carbocycles. The van der Waals surface area contributed by atoms with Crippen LogP contribution in [-0.2, 0) is 22.0 Å². The molecular formula is C31H32F3N7O4S. The molecule has 46 heavy (non-hydrogen) atoms. The van der Waals surface area contributed by atoms with Gasteiger partial charge in [0.1, 0.15) is 5.75 Å². The Morgan fingerprint density at radius 1 is 0.891 bits per heavy atom. The summed E-state index contributed by atoms with van der Waals surface area (Å²) in [5.41, 5.74) is 1.01. The number of hydrogen-bond acceptors (Lipinski definition) is 8. The maximum Gasteiger partial charge on any atom is 0.418 e. The predicted octanol–water partition coefficient (Wildman–Crippen LogP) is 6.71. The molecule has 2 heterocycles. The van der Waals surface area contributed by atoms with Crippen LogP contribution in [-0.4, -0.2) is 44.6 Å². The molecule has 0 aliphatic carbocycles. The van der Waals surface area contributed by atoms with Gasteiger partial charge in [-0.25, -0.2) is 22.9 Å². The van der Waals surface area contributed by atoms with E-state index < -0.39 is 27.8 Å². The third-order valence-electron chi connectivity index (χ3n) is 7.10. The number of nitrogens with one attached hydrogen (secondary N) is 4. The second-order valence-electron chi connectivity index (χ2n) is 10.5. The van der Waals surface area contributed by atoms with Gasteiger partial charge in [0.25, 0.3) is 0 Å². The number of anilines is 5. The number of nitrogens with zero attached hydrogens (tertiary/aromatic N) is 3. The van der Waals surface area contributed by atoms with E-state index in [1.807, 2.05) is 0 Å². The van der Waals surface area contributed by atoms with Gasteiger partial charge in [-0.05, 0) is 86.5 Å².